The molecule has 1 aliphatic carbocycles. The van der Waals surface area contributed by atoms with E-state index in [1.807, 2.05) is 18.2 Å². The van der Waals surface area contributed by atoms with Crippen molar-refractivity contribution in [2.24, 2.45) is 0 Å². The fourth-order valence-electron chi connectivity index (χ4n) is 2.66. The van der Waals surface area contributed by atoms with Crippen molar-refractivity contribution >= 4 is 5.97 Å². The first-order chi connectivity index (χ1) is 10.6. The number of aryl methyl sites for hydroxylation is 1. The minimum atomic E-state index is -0.983. The molecule has 0 aromatic heterocycles. The van der Waals surface area contributed by atoms with Crippen LogP contribution in [0.3, 0.4) is 0 Å². The van der Waals surface area contributed by atoms with Crippen LogP contribution in [0.4, 0.5) is 0 Å². The van der Waals surface area contributed by atoms with Gasteiger partial charge in [-0.25, -0.2) is 4.79 Å². The Labute approximate surface area is 129 Å². The minimum absolute atomic E-state index is 0.0842. The normalized spacial score (nSPS) is 17.6. The van der Waals surface area contributed by atoms with Crippen LogP contribution < -0.4 is 9.47 Å². The molecule has 0 saturated carbocycles. The number of benzene rings is 2. The molecular formula is C18H18O4. The van der Waals surface area contributed by atoms with Gasteiger partial charge in [0, 0.05) is 0 Å². The van der Waals surface area contributed by atoms with E-state index in [1.54, 1.807) is 12.1 Å². The van der Waals surface area contributed by atoms with Gasteiger partial charge in [0.25, 0.3) is 0 Å². The third kappa shape index (κ3) is 3.06. The summed E-state index contributed by atoms with van der Waals surface area (Å²) in [7, 11) is 0. The van der Waals surface area contributed by atoms with E-state index < -0.39 is 12.1 Å². The Kier molecular flexibility index (Phi) is 4.00. The lowest BCUT2D eigenvalue weighted by molar-refractivity contribution is -0.144. The molecule has 0 bridgehead atoms. The van der Waals surface area contributed by atoms with Gasteiger partial charge in [-0.15, -0.1) is 0 Å². The van der Waals surface area contributed by atoms with E-state index in [9.17, 15) is 4.79 Å². The Morgan fingerprint density at radius 2 is 1.82 bits per heavy atom. The van der Waals surface area contributed by atoms with E-state index in [2.05, 4.69) is 18.2 Å². The van der Waals surface area contributed by atoms with Crippen LogP contribution in [0.2, 0.25) is 0 Å². The van der Waals surface area contributed by atoms with Crippen LogP contribution in [0.25, 0.3) is 0 Å². The van der Waals surface area contributed by atoms with Gasteiger partial charge in [0.1, 0.15) is 17.6 Å². The number of hydrogen-bond donors (Lipinski definition) is 1. The number of ether oxygens (including phenoxy) is 2. The zero-order chi connectivity index (χ0) is 15.5. The molecule has 0 aliphatic heterocycles. The minimum Gasteiger partial charge on any atom is -0.486 e. The molecule has 4 heteroatoms. The number of carboxylic acid groups (broad SMARTS) is 1. The summed E-state index contributed by atoms with van der Waals surface area (Å²) < 4.78 is 11.3. The molecule has 2 aromatic carbocycles. The van der Waals surface area contributed by atoms with Gasteiger partial charge in [0.15, 0.2) is 6.10 Å². The molecule has 2 aromatic rings. The Bertz CT molecular complexity index is 663. The van der Waals surface area contributed by atoms with Crippen LogP contribution in [0, 0.1) is 0 Å². The van der Waals surface area contributed by atoms with E-state index >= 15 is 0 Å². The third-order valence-electron chi connectivity index (χ3n) is 3.84. The van der Waals surface area contributed by atoms with Gasteiger partial charge < -0.3 is 14.6 Å². The largest absolute Gasteiger partial charge is 0.486 e. The first-order valence-electron chi connectivity index (χ1n) is 7.37. The molecule has 0 spiro atoms. The summed E-state index contributed by atoms with van der Waals surface area (Å²) in [5.41, 5.74) is 2.60. The van der Waals surface area contributed by atoms with Gasteiger partial charge in [-0.1, -0.05) is 24.3 Å². The Morgan fingerprint density at radius 1 is 1.14 bits per heavy atom. The maximum atomic E-state index is 10.8. The summed E-state index contributed by atoms with van der Waals surface area (Å²) >= 11 is 0. The topological polar surface area (TPSA) is 55.8 Å². The molecule has 114 valence electrons. The maximum Gasteiger partial charge on any atom is 0.344 e. The fraction of sp³-hybridized carbons (Fsp3) is 0.278. The fourth-order valence-corrected chi connectivity index (χ4v) is 2.66. The lowest BCUT2D eigenvalue weighted by atomic mass is 10.1. The summed E-state index contributed by atoms with van der Waals surface area (Å²) in [6.45, 7) is 1.50. The number of carboxylic acids is 1. The highest BCUT2D eigenvalue weighted by Crippen LogP contribution is 2.35. The van der Waals surface area contributed by atoms with E-state index in [-0.39, 0.29) is 6.10 Å². The Morgan fingerprint density at radius 3 is 2.55 bits per heavy atom. The van der Waals surface area contributed by atoms with Gasteiger partial charge in [-0.2, -0.15) is 0 Å². The van der Waals surface area contributed by atoms with E-state index in [0.717, 1.165) is 18.6 Å². The number of carbonyl (C=O) groups is 1. The van der Waals surface area contributed by atoms with Crippen LogP contribution in [0.5, 0.6) is 11.5 Å². The van der Waals surface area contributed by atoms with Crippen LogP contribution in [0.15, 0.2) is 48.5 Å². The summed E-state index contributed by atoms with van der Waals surface area (Å²) in [6.07, 6.45) is 1.24. The number of aliphatic carboxylic acids is 1. The van der Waals surface area contributed by atoms with Crippen molar-refractivity contribution in [2.75, 3.05) is 0 Å². The summed E-state index contributed by atoms with van der Waals surface area (Å²) in [5, 5.41) is 8.83. The smallest absolute Gasteiger partial charge is 0.344 e. The molecule has 2 atom stereocenters. The molecule has 0 radical (unpaired) electrons. The Balaban J connectivity index is 1.66. The highest BCUT2D eigenvalue weighted by Gasteiger charge is 2.23. The second-order valence-corrected chi connectivity index (χ2v) is 5.41. The molecule has 0 amide bonds. The summed E-state index contributed by atoms with van der Waals surface area (Å²) in [6, 6.07) is 15.4. The van der Waals surface area contributed by atoms with Crippen molar-refractivity contribution in [1.29, 1.82) is 0 Å². The predicted molar refractivity (Wildman–Crippen MR) is 82.3 cm³/mol. The van der Waals surface area contributed by atoms with E-state index in [0.29, 0.717) is 5.75 Å². The van der Waals surface area contributed by atoms with Crippen molar-refractivity contribution in [3.8, 4) is 11.5 Å². The SMILES string of the molecule is CC(Oc1ccc(OC2CCc3ccccc32)cc1)C(=O)O. The number of rotatable bonds is 5. The zero-order valence-corrected chi connectivity index (χ0v) is 12.4. The first-order valence-corrected chi connectivity index (χ1v) is 7.37. The zero-order valence-electron chi connectivity index (χ0n) is 12.4. The Hall–Kier alpha value is -2.49. The van der Waals surface area contributed by atoms with Crippen molar-refractivity contribution < 1.29 is 19.4 Å². The third-order valence-corrected chi connectivity index (χ3v) is 3.84. The van der Waals surface area contributed by atoms with E-state index in [4.69, 9.17) is 14.6 Å². The maximum absolute atomic E-state index is 10.8. The van der Waals surface area contributed by atoms with Gasteiger partial charge in [0.05, 0.1) is 0 Å². The molecule has 2 unspecified atom stereocenters. The highest BCUT2D eigenvalue weighted by atomic mass is 16.5. The number of hydrogen-bond acceptors (Lipinski definition) is 3. The molecule has 3 rings (SSSR count). The van der Waals surface area contributed by atoms with Crippen LogP contribution >= 0.6 is 0 Å². The first kappa shape index (κ1) is 14.4. The monoisotopic (exact) mass is 298 g/mol. The van der Waals surface area contributed by atoms with Gasteiger partial charge in [-0.05, 0) is 55.2 Å². The van der Waals surface area contributed by atoms with Gasteiger partial charge >= 0.3 is 5.97 Å². The average Bonchev–Trinajstić information content (AvgIpc) is 2.92. The lowest BCUT2D eigenvalue weighted by Crippen LogP contribution is -2.22. The molecule has 0 fully saturated rings. The van der Waals surface area contributed by atoms with Crippen LogP contribution in [-0.2, 0) is 11.2 Å². The van der Waals surface area contributed by atoms with Crippen LogP contribution in [-0.4, -0.2) is 17.2 Å². The highest BCUT2D eigenvalue weighted by molar-refractivity contribution is 5.72. The second-order valence-electron chi connectivity index (χ2n) is 5.41. The molecule has 0 saturated heterocycles. The van der Waals surface area contributed by atoms with Gasteiger partial charge in [0.2, 0.25) is 0 Å². The van der Waals surface area contributed by atoms with Crippen molar-refractivity contribution in [3.05, 3.63) is 59.7 Å². The van der Waals surface area contributed by atoms with Crippen LogP contribution in [0.1, 0.15) is 30.6 Å². The standard InChI is InChI=1S/C18H18O4/c1-12(18(19)20)21-14-7-9-15(10-8-14)22-17-11-6-13-4-2-3-5-16(13)17/h2-5,7-10,12,17H,6,11H2,1H3,(H,19,20). The molecule has 0 heterocycles. The molecule has 4 nitrogen and oxygen atoms in total. The molecule has 22 heavy (non-hydrogen) atoms. The number of fused-ring (bicyclic) bond motifs is 1. The molecule has 1 aliphatic rings. The van der Waals surface area contributed by atoms with Crippen molar-refractivity contribution in [2.45, 2.75) is 32.0 Å². The molecular weight excluding hydrogens is 280 g/mol. The lowest BCUT2D eigenvalue weighted by Gasteiger charge is -2.16. The van der Waals surface area contributed by atoms with Gasteiger partial charge in [-0.3, -0.25) is 0 Å². The quantitative estimate of drug-likeness (QED) is 0.916. The van der Waals surface area contributed by atoms with E-state index in [1.165, 1.54) is 18.1 Å². The predicted octanol–water partition coefficient (Wildman–Crippen LogP) is 3.60. The molecule has 1 N–H and O–H groups in total. The summed E-state index contributed by atoms with van der Waals surface area (Å²) in [5.74, 6) is 0.300. The van der Waals surface area contributed by atoms with Crippen molar-refractivity contribution in [3.63, 3.8) is 0 Å². The second kappa shape index (κ2) is 6.10. The average molecular weight is 298 g/mol. The van der Waals surface area contributed by atoms with Crippen molar-refractivity contribution in [1.82, 2.24) is 0 Å². The summed E-state index contributed by atoms with van der Waals surface area (Å²) in [4.78, 5) is 10.8.